The fourth-order valence-electron chi connectivity index (χ4n) is 3.51. The Labute approximate surface area is 124 Å². The molecule has 0 heterocycles. The average Bonchev–Trinajstić information content (AvgIpc) is 2.82. The molecule has 0 aromatic rings. The third-order valence-electron chi connectivity index (χ3n) is 4.17. The average molecular weight is 284 g/mol. The first-order chi connectivity index (χ1) is 9.49. The van der Waals surface area contributed by atoms with Gasteiger partial charge in [-0.1, -0.05) is 13.8 Å². The Morgan fingerprint density at radius 1 is 1.35 bits per heavy atom. The minimum atomic E-state index is -0.479. The van der Waals surface area contributed by atoms with E-state index in [9.17, 15) is 4.79 Å². The Morgan fingerprint density at radius 3 is 2.40 bits per heavy atom. The molecule has 4 nitrogen and oxygen atoms in total. The van der Waals surface area contributed by atoms with Gasteiger partial charge in [-0.2, -0.15) is 0 Å². The molecule has 0 spiro atoms. The Bertz CT molecular complexity index is 301. The van der Waals surface area contributed by atoms with Crippen molar-refractivity contribution < 1.29 is 9.53 Å². The van der Waals surface area contributed by atoms with E-state index in [-0.39, 0.29) is 5.97 Å². The summed E-state index contributed by atoms with van der Waals surface area (Å²) in [5.41, 5.74) is -0.479. The van der Waals surface area contributed by atoms with Crippen LogP contribution in [-0.2, 0) is 9.53 Å². The van der Waals surface area contributed by atoms with Gasteiger partial charge in [0.1, 0.15) is 5.54 Å². The molecule has 20 heavy (non-hydrogen) atoms. The maximum absolute atomic E-state index is 12.3. The van der Waals surface area contributed by atoms with E-state index in [0.29, 0.717) is 12.1 Å². The van der Waals surface area contributed by atoms with Crippen molar-refractivity contribution in [3.63, 3.8) is 0 Å². The normalized spacial score (nSPS) is 26.4. The number of methoxy groups -OCH3 is 1. The van der Waals surface area contributed by atoms with Crippen molar-refractivity contribution in [1.82, 2.24) is 10.2 Å². The van der Waals surface area contributed by atoms with Gasteiger partial charge < -0.3 is 9.64 Å². The molecule has 0 amide bonds. The highest BCUT2D eigenvalue weighted by molar-refractivity contribution is 5.81. The molecule has 0 radical (unpaired) electrons. The van der Waals surface area contributed by atoms with Crippen LogP contribution in [0.4, 0.5) is 0 Å². The van der Waals surface area contributed by atoms with Crippen molar-refractivity contribution in [2.45, 2.75) is 77.4 Å². The minimum Gasteiger partial charge on any atom is -0.468 e. The van der Waals surface area contributed by atoms with E-state index in [1.54, 1.807) is 0 Å². The standard InChI is InChI=1S/C16H32N2O2/c1-6-10-18(11-7-2)14-8-9-16(12-14,15(19)20-5)17-13(3)4/h13-14,17H,6-12H2,1-5H3. The maximum atomic E-state index is 12.3. The van der Waals surface area contributed by atoms with Crippen molar-refractivity contribution in [3.05, 3.63) is 0 Å². The van der Waals surface area contributed by atoms with E-state index in [1.807, 2.05) is 0 Å². The fraction of sp³-hybridized carbons (Fsp3) is 0.938. The van der Waals surface area contributed by atoms with E-state index in [0.717, 1.165) is 32.4 Å². The summed E-state index contributed by atoms with van der Waals surface area (Å²) in [4.78, 5) is 14.8. The summed E-state index contributed by atoms with van der Waals surface area (Å²) < 4.78 is 5.07. The fourth-order valence-corrected chi connectivity index (χ4v) is 3.51. The van der Waals surface area contributed by atoms with Crippen LogP contribution < -0.4 is 5.32 Å². The molecule has 1 rings (SSSR count). The van der Waals surface area contributed by atoms with E-state index >= 15 is 0 Å². The van der Waals surface area contributed by atoms with Crippen LogP contribution in [0.1, 0.15) is 59.8 Å². The van der Waals surface area contributed by atoms with Crippen molar-refractivity contribution >= 4 is 5.97 Å². The van der Waals surface area contributed by atoms with Crippen LogP contribution in [-0.4, -0.2) is 48.7 Å². The highest BCUT2D eigenvalue weighted by Crippen LogP contribution is 2.35. The van der Waals surface area contributed by atoms with Crippen molar-refractivity contribution in [1.29, 1.82) is 0 Å². The number of hydrogen-bond donors (Lipinski definition) is 1. The van der Waals surface area contributed by atoms with Crippen molar-refractivity contribution in [2.24, 2.45) is 0 Å². The van der Waals surface area contributed by atoms with Crippen LogP contribution >= 0.6 is 0 Å². The monoisotopic (exact) mass is 284 g/mol. The molecule has 1 saturated carbocycles. The Hall–Kier alpha value is -0.610. The second kappa shape index (κ2) is 7.99. The molecule has 0 aliphatic heterocycles. The topological polar surface area (TPSA) is 41.6 Å². The zero-order chi connectivity index (χ0) is 15.2. The molecular formula is C16H32N2O2. The Kier molecular flexibility index (Phi) is 6.96. The lowest BCUT2D eigenvalue weighted by molar-refractivity contribution is -0.149. The summed E-state index contributed by atoms with van der Waals surface area (Å²) in [5, 5.41) is 3.47. The summed E-state index contributed by atoms with van der Waals surface area (Å²) in [7, 11) is 1.50. The molecule has 2 atom stereocenters. The van der Waals surface area contributed by atoms with E-state index in [1.165, 1.54) is 20.0 Å². The molecule has 0 aromatic carbocycles. The smallest absolute Gasteiger partial charge is 0.326 e. The van der Waals surface area contributed by atoms with Gasteiger partial charge in [0.05, 0.1) is 7.11 Å². The molecule has 1 N–H and O–H groups in total. The summed E-state index contributed by atoms with van der Waals surface area (Å²) in [6, 6.07) is 0.791. The Balaban J connectivity index is 2.79. The number of esters is 1. The highest BCUT2D eigenvalue weighted by atomic mass is 16.5. The predicted molar refractivity (Wildman–Crippen MR) is 82.8 cm³/mol. The lowest BCUT2D eigenvalue weighted by Gasteiger charge is -2.33. The zero-order valence-electron chi connectivity index (χ0n) is 13.9. The molecule has 1 aliphatic carbocycles. The van der Waals surface area contributed by atoms with Crippen LogP contribution in [0, 0.1) is 0 Å². The lowest BCUT2D eigenvalue weighted by Crippen LogP contribution is -2.54. The zero-order valence-corrected chi connectivity index (χ0v) is 13.9. The number of nitrogens with zero attached hydrogens (tertiary/aromatic N) is 1. The first-order valence-corrected chi connectivity index (χ1v) is 8.09. The van der Waals surface area contributed by atoms with Crippen molar-refractivity contribution in [2.75, 3.05) is 20.2 Å². The van der Waals surface area contributed by atoms with Gasteiger partial charge in [-0.15, -0.1) is 0 Å². The molecule has 0 aromatic heterocycles. The van der Waals surface area contributed by atoms with Gasteiger partial charge in [-0.05, 0) is 59.0 Å². The summed E-state index contributed by atoms with van der Waals surface area (Å²) in [6.45, 7) is 10.9. The molecule has 4 heteroatoms. The van der Waals surface area contributed by atoms with Gasteiger partial charge in [0.25, 0.3) is 0 Å². The van der Waals surface area contributed by atoms with Crippen LogP contribution in [0.2, 0.25) is 0 Å². The highest BCUT2D eigenvalue weighted by Gasteiger charge is 2.47. The number of rotatable bonds is 8. The van der Waals surface area contributed by atoms with Crippen molar-refractivity contribution in [3.8, 4) is 0 Å². The van der Waals surface area contributed by atoms with Gasteiger partial charge >= 0.3 is 5.97 Å². The predicted octanol–water partition coefficient (Wildman–Crippen LogP) is 2.57. The van der Waals surface area contributed by atoms with Crippen LogP contribution in [0.3, 0.4) is 0 Å². The molecule has 1 fully saturated rings. The Morgan fingerprint density at radius 2 is 1.95 bits per heavy atom. The third-order valence-corrected chi connectivity index (χ3v) is 4.17. The number of carbonyl (C=O) groups excluding carboxylic acids is 1. The van der Waals surface area contributed by atoms with Crippen LogP contribution in [0.25, 0.3) is 0 Å². The number of ether oxygens (including phenoxy) is 1. The molecular weight excluding hydrogens is 252 g/mol. The second-order valence-electron chi connectivity index (χ2n) is 6.31. The van der Waals surface area contributed by atoms with Crippen LogP contribution in [0.15, 0.2) is 0 Å². The van der Waals surface area contributed by atoms with Gasteiger partial charge in [0.2, 0.25) is 0 Å². The first-order valence-electron chi connectivity index (χ1n) is 8.09. The minimum absolute atomic E-state index is 0.0957. The second-order valence-corrected chi connectivity index (χ2v) is 6.31. The largest absolute Gasteiger partial charge is 0.468 e. The van der Waals surface area contributed by atoms with E-state index in [4.69, 9.17) is 4.74 Å². The maximum Gasteiger partial charge on any atom is 0.326 e. The molecule has 2 unspecified atom stereocenters. The molecule has 118 valence electrons. The van der Waals surface area contributed by atoms with Gasteiger partial charge in [0, 0.05) is 12.1 Å². The van der Waals surface area contributed by atoms with E-state index < -0.39 is 5.54 Å². The third kappa shape index (κ3) is 4.19. The lowest BCUT2D eigenvalue weighted by atomic mass is 9.96. The van der Waals surface area contributed by atoms with Gasteiger partial charge in [0.15, 0.2) is 0 Å². The quantitative estimate of drug-likeness (QED) is 0.696. The summed E-state index contributed by atoms with van der Waals surface area (Å²) in [5.74, 6) is -0.0957. The van der Waals surface area contributed by atoms with Gasteiger partial charge in [-0.25, -0.2) is 0 Å². The first kappa shape index (κ1) is 17.4. The van der Waals surface area contributed by atoms with E-state index in [2.05, 4.69) is 37.9 Å². The molecule has 1 aliphatic rings. The molecule has 0 bridgehead atoms. The number of carbonyl (C=O) groups is 1. The van der Waals surface area contributed by atoms with Gasteiger partial charge in [-0.3, -0.25) is 10.1 Å². The van der Waals surface area contributed by atoms with Crippen LogP contribution in [0.5, 0.6) is 0 Å². The SMILES string of the molecule is CCCN(CCC)C1CCC(NC(C)C)(C(=O)OC)C1. The summed E-state index contributed by atoms with van der Waals surface area (Å²) in [6.07, 6.45) is 5.16. The number of hydrogen-bond acceptors (Lipinski definition) is 4. The molecule has 0 saturated heterocycles. The number of nitrogens with one attached hydrogen (secondary N) is 1. The summed E-state index contributed by atoms with van der Waals surface area (Å²) >= 11 is 0.